The molecular weight excluding hydrogens is 189 g/mol. The highest BCUT2D eigenvalue weighted by Gasteiger charge is 2.34. The molecule has 0 bridgehead atoms. The first-order valence-electron chi connectivity index (χ1n) is 4.04. The van der Waals surface area contributed by atoms with Crippen molar-refractivity contribution in [3.63, 3.8) is 0 Å². The molecule has 0 nitrogen and oxygen atoms in total. The summed E-state index contributed by atoms with van der Waals surface area (Å²) in [5, 5.41) is 0. The van der Waals surface area contributed by atoms with E-state index in [-0.39, 0.29) is 5.57 Å². The molecule has 78 valence electrons. The van der Waals surface area contributed by atoms with Crippen molar-refractivity contribution in [3.8, 4) is 0 Å². The van der Waals surface area contributed by atoms with Gasteiger partial charge < -0.3 is 0 Å². The first-order valence-corrected chi connectivity index (χ1v) is 4.04. The molecule has 0 rings (SSSR count). The van der Waals surface area contributed by atoms with E-state index in [0.29, 0.717) is 5.57 Å². The molecule has 0 saturated carbocycles. The van der Waals surface area contributed by atoms with E-state index in [9.17, 15) is 13.2 Å². The summed E-state index contributed by atoms with van der Waals surface area (Å²) in [5.74, 6) is 0. The molecule has 0 unspecified atom stereocenters. The summed E-state index contributed by atoms with van der Waals surface area (Å²) >= 11 is 0. The van der Waals surface area contributed by atoms with Gasteiger partial charge in [0.25, 0.3) is 0 Å². The molecule has 0 aliphatic heterocycles. The molecule has 0 aromatic heterocycles. The molecular formula is C11H13F3. The summed E-state index contributed by atoms with van der Waals surface area (Å²) in [5.41, 5.74) is 0.00715. The summed E-state index contributed by atoms with van der Waals surface area (Å²) in [7, 11) is 0. The number of hydrogen-bond donors (Lipinski definition) is 0. The Kier molecular flexibility index (Phi) is 4.41. The summed E-state index contributed by atoms with van der Waals surface area (Å²) in [6.45, 7) is 9.69. The van der Waals surface area contributed by atoms with Gasteiger partial charge in [-0.2, -0.15) is 13.2 Å². The monoisotopic (exact) mass is 202 g/mol. The van der Waals surface area contributed by atoms with E-state index < -0.39 is 11.7 Å². The van der Waals surface area contributed by atoms with E-state index in [1.54, 1.807) is 6.92 Å². The maximum atomic E-state index is 12.5. The van der Waals surface area contributed by atoms with E-state index in [0.717, 1.165) is 12.2 Å². The first-order chi connectivity index (χ1) is 6.34. The molecule has 0 spiro atoms. The van der Waals surface area contributed by atoms with Gasteiger partial charge in [0.15, 0.2) is 0 Å². The molecule has 0 N–H and O–H groups in total. The Morgan fingerprint density at radius 2 is 1.64 bits per heavy atom. The van der Waals surface area contributed by atoms with Crippen LogP contribution in [0.1, 0.15) is 13.8 Å². The van der Waals surface area contributed by atoms with Crippen molar-refractivity contribution in [2.45, 2.75) is 20.0 Å². The average Bonchev–Trinajstić information content (AvgIpc) is 2.09. The fourth-order valence-electron chi connectivity index (χ4n) is 0.915. The van der Waals surface area contributed by atoms with Crippen molar-refractivity contribution in [1.82, 2.24) is 0 Å². The third-order valence-electron chi connectivity index (χ3n) is 1.89. The lowest BCUT2D eigenvalue weighted by Gasteiger charge is -2.13. The van der Waals surface area contributed by atoms with Gasteiger partial charge in [-0.1, -0.05) is 31.4 Å². The van der Waals surface area contributed by atoms with Crippen LogP contribution >= 0.6 is 0 Å². The predicted molar refractivity (Wildman–Crippen MR) is 52.9 cm³/mol. The van der Waals surface area contributed by atoms with E-state index in [1.165, 1.54) is 13.0 Å². The van der Waals surface area contributed by atoms with Crippen LogP contribution < -0.4 is 0 Å². The van der Waals surface area contributed by atoms with Gasteiger partial charge in [-0.3, -0.25) is 0 Å². The molecule has 0 heterocycles. The Hall–Kier alpha value is -1.25. The molecule has 3 heteroatoms. The maximum Gasteiger partial charge on any atom is 0.416 e. The Morgan fingerprint density at radius 1 is 1.14 bits per heavy atom. The largest absolute Gasteiger partial charge is 0.416 e. The minimum atomic E-state index is -4.34. The van der Waals surface area contributed by atoms with Gasteiger partial charge in [0.05, 0.1) is 5.57 Å². The third-order valence-corrected chi connectivity index (χ3v) is 1.89. The van der Waals surface area contributed by atoms with Crippen LogP contribution in [-0.2, 0) is 0 Å². The molecule has 0 fully saturated rings. The molecule has 0 aromatic rings. The highest BCUT2D eigenvalue weighted by molar-refractivity contribution is 5.41. The second-order valence-electron chi connectivity index (χ2n) is 2.83. The zero-order valence-electron chi connectivity index (χ0n) is 8.28. The van der Waals surface area contributed by atoms with Crippen LogP contribution in [-0.4, -0.2) is 6.18 Å². The number of halogens is 3. The van der Waals surface area contributed by atoms with Crippen LogP contribution in [0.3, 0.4) is 0 Å². The predicted octanol–water partition coefficient (Wildman–Crippen LogP) is 4.18. The Labute approximate surface area is 82.1 Å². The minimum Gasteiger partial charge on any atom is -0.166 e. The van der Waals surface area contributed by atoms with Crippen LogP contribution in [0.5, 0.6) is 0 Å². The highest BCUT2D eigenvalue weighted by atomic mass is 19.4. The smallest absolute Gasteiger partial charge is 0.166 e. The molecule has 0 amide bonds. The van der Waals surface area contributed by atoms with Crippen molar-refractivity contribution >= 4 is 0 Å². The summed E-state index contributed by atoms with van der Waals surface area (Å²) in [6.07, 6.45) is -0.856. The number of hydrogen-bond acceptors (Lipinski definition) is 0. The Morgan fingerprint density at radius 3 is 1.93 bits per heavy atom. The second kappa shape index (κ2) is 4.84. The second-order valence-corrected chi connectivity index (χ2v) is 2.83. The molecule has 14 heavy (non-hydrogen) atoms. The van der Waals surface area contributed by atoms with Gasteiger partial charge in [0.1, 0.15) is 0 Å². The van der Waals surface area contributed by atoms with Crippen LogP contribution in [0, 0.1) is 0 Å². The fourth-order valence-corrected chi connectivity index (χ4v) is 0.915. The molecule has 0 aliphatic rings. The Bertz CT molecular complexity index is 290. The van der Waals surface area contributed by atoms with Gasteiger partial charge in [0, 0.05) is 0 Å². The van der Waals surface area contributed by atoms with Gasteiger partial charge in [-0.05, 0) is 25.0 Å². The quantitative estimate of drug-likeness (QED) is 0.602. The SMILES string of the molecule is C=C/C=C(\C(C)=C(/C)C=C)C(F)(F)F. The van der Waals surface area contributed by atoms with E-state index in [4.69, 9.17) is 0 Å². The zero-order chi connectivity index (χ0) is 11.4. The maximum absolute atomic E-state index is 12.5. The molecule has 0 aliphatic carbocycles. The lowest BCUT2D eigenvalue weighted by Crippen LogP contribution is -2.13. The zero-order valence-corrected chi connectivity index (χ0v) is 8.28. The van der Waals surface area contributed by atoms with Crippen molar-refractivity contribution < 1.29 is 13.2 Å². The lowest BCUT2D eigenvalue weighted by atomic mass is 10.0. The molecule has 0 radical (unpaired) electrons. The van der Waals surface area contributed by atoms with Crippen LogP contribution in [0.25, 0.3) is 0 Å². The van der Waals surface area contributed by atoms with Crippen molar-refractivity contribution in [2.75, 3.05) is 0 Å². The first kappa shape index (κ1) is 12.8. The standard InChI is InChI=1S/C11H13F3/c1-5-7-10(11(12,13)14)9(4)8(3)6-2/h5-7H,1-2H2,3-4H3/b9-8+,10-7+. The topological polar surface area (TPSA) is 0 Å². The summed E-state index contributed by atoms with van der Waals surface area (Å²) in [6, 6.07) is 0. The van der Waals surface area contributed by atoms with E-state index >= 15 is 0 Å². The van der Waals surface area contributed by atoms with E-state index in [2.05, 4.69) is 13.2 Å². The number of rotatable bonds is 3. The van der Waals surface area contributed by atoms with Crippen molar-refractivity contribution in [1.29, 1.82) is 0 Å². The molecule has 0 aromatic carbocycles. The third kappa shape index (κ3) is 3.24. The van der Waals surface area contributed by atoms with Crippen LogP contribution in [0.15, 0.2) is 48.1 Å². The lowest BCUT2D eigenvalue weighted by molar-refractivity contribution is -0.0893. The van der Waals surface area contributed by atoms with Crippen molar-refractivity contribution in [2.24, 2.45) is 0 Å². The molecule has 0 saturated heterocycles. The molecule has 0 atom stereocenters. The fraction of sp³-hybridized carbons (Fsp3) is 0.273. The van der Waals surface area contributed by atoms with Gasteiger partial charge in [-0.15, -0.1) is 0 Å². The van der Waals surface area contributed by atoms with E-state index in [1.807, 2.05) is 0 Å². The van der Waals surface area contributed by atoms with Crippen molar-refractivity contribution in [3.05, 3.63) is 48.1 Å². The normalized spacial score (nSPS) is 14.8. The summed E-state index contributed by atoms with van der Waals surface area (Å²) in [4.78, 5) is 0. The number of allylic oxidation sites excluding steroid dienone is 6. The average molecular weight is 202 g/mol. The highest BCUT2D eigenvalue weighted by Crippen LogP contribution is 2.32. The van der Waals surface area contributed by atoms with Gasteiger partial charge in [-0.25, -0.2) is 0 Å². The van der Waals surface area contributed by atoms with Gasteiger partial charge in [0.2, 0.25) is 0 Å². The summed E-state index contributed by atoms with van der Waals surface area (Å²) < 4.78 is 37.4. The minimum absolute atomic E-state index is 0.174. The van der Waals surface area contributed by atoms with Crippen LogP contribution in [0.4, 0.5) is 13.2 Å². The Balaban J connectivity index is 5.37. The van der Waals surface area contributed by atoms with Gasteiger partial charge >= 0.3 is 6.18 Å². The number of alkyl halides is 3. The van der Waals surface area contributed by atoms with Crippen LogP contribution in [0.2, 0.25) is 0 Å².